The maximum Gasteiger partial charge on any atom is 0.241 e. The van der Waals surface area contributed by atoms with E-state index in [1.807, 2.05) is 31.2 Å². The zero-order chi connectivity index (χ0) is 18.6. The lowest BCUT2D eigenvalue weighted by atomic mass is 10.0. The number of anilines is 1. The first-order chi connectivity index (χ1) is 11.7. The van der Waals surface area contributed by atoms with Gasteiger partial charge in [0.25, 0.3) is 0 Å². The van der Waals surface area contributed by atoms with E-state index in [0.717, 1.165) is 17.7 Å². The van der Waals surface area contributed by atoms with Crippen LogP contribution in [0.2, 0.25) is 0 Å². The number of rotatable bonds is 5. The Kier molecular flexibility index (Phi) is 6.59. The van der Waals surface area contributed by atoms with Gasteiger partial charge in [-0.1, -0.05) is 32.0 Å². The Morgan fingerprint density at radius 2 is 1.76 bits per heavy atom. The predicted octanol–water partition coefficient (Wildman–Crippen LogP) is 2.10. The molecule has 0 radical (unpaired) electrons. The van der Waals surface area contributed by atoms with E-state index in [0.29, 0.717) is 32.1 Å². The van der Waals surface area contributed by atoms with E-state index in [1.54, 1.807) is 0 Å². The Morgan fingerprint density at radius 1 is 1.08 bits per heavy atom. The van der Waals surface area contributed by atoms with Gasteiger partial charge < -0.3 is 5.32 Å². The zero-order valence-corrected chi connectivity index (χ0v) is 16.3. The number of benzene rings is 1. The van der Waals surface area contributed by atoms with Crippen molar-refractivity contribution in [3.63, 3.8) is 0 Å². The van der Waals surface area contributed by atoms with Gasteiger partial charge >= 0.3 is 0 Å². The number of nitrogens with zero attached hydrogens (tertiary/aromatic N) is 2. The van der Waals surface area contributed by atoms with Gasteiger partial charge in [-0.2, -0.15) is 0 Å². The molecular weight excluding hydrogens is 338 g/mol. The van der Waals surface area contributed by atoms with Crippen molar-refractivity contribution in [1.29, 1.82) is 0 Å². The topological polar surface area (TPSA) is 69.7 Å². The van der Waals surface area contributed by atoms with E-state index in [4.69, 9.17) is 0 Å². The molecular formula is C18H29N3O3S. The summed E-state index contributed by atoms with van der Waals surface area (Å²) < 4.78 is 24.9. The zero-order valence-electron chi connectivity index (χ0n) is 15.5. The van der Waals surface area contributed by atoms with E-state index < -0.39 is 10.0 Å². The van der Waals surface area contributed by atoms with E-state index in [9.17, 15) is 13.2 Å². The van der Waals surface area contributed by atoms with Crippen molar-refractivity contribution >= 4 is 21.6 Å². The smallest absolute Gasteiger partial charge is 0.241 e. The van der Waals surface area contributed by atoms with Gasteiger partial charge in [0.05, 0.1) is 12.3 Å². The Balaban J connectivity index is 2.03. The highest BCUT2D eigenvalue weighted by Crippen LogP contribution is 2.24. The molecule has 6 nitrogen and oxygen atoms in total. The minimum atomic E-state index is -3.18. The minimum absolute atomic E-state index is 0.0547. The average molecular weight is 368 g/mol. The number of para-hydroxylation sites is 1. The number of sulfonamides is 1. The van der Waals surface area contributed by atoms with Gasteiger partial charge in [0.2, 0.25) is 15.9 Å². The Bertz CT molecular complexity index is 703. The summed E-state index contributed by atoms with van der Waals surface area (Å²) in [5, 5.41) is 3.04. The highest BCUT2D eigenvalue weighted by atomic mass is 32.2. The molecule has 1 atom stereocenters. The maximum absolute atomic E-state index is 12.7. The second kappa shape index (κ2) is 8.29. The van der Waals surface area contributed by atoms with Gasteiger partial charge in [0.1, 0.15) is 0 Å². The third-order valence-electron chi connectivity index (χ3n) is 4.73. The molecule has 2 rings (SSSR count). The number of nitrogens with one attached hydrogen (secondary N) is 1. The fourth-order valence-corrected chi connectivity index (χ4v) is 4.02. The third-order valence-corrected chi connectivity index (χ3v) is 6.03. The molecule has 1 unspecified atom stereocenters. The molecule has 1 heterocycles. The molecule has 25 heavy (non-hydrogen) atoms. The fourth-order valence-electron chi connectivity index (χ4n) is 3.15. The number of hydrogen-bond donors (Lipinski definition) is 1. The van der Waals surface area contributed by atoms with Crippen LogP contribution < -0.4 is 5.32 Å². The molecule has 0 spiro atoms. The van der Waals surface area contributed by atoms with Gasteiger partial charge in [-0.3, -0.25) is 9.69 Å². The lowest BCUT2D eigenvalue weighted by molar-refractivity contribution is -0.120. The van der Waals surface area contributed by atoms with Crippen molar-refractivity contribution in [2.75, 3.05) is 37.8 Å². The summed E-state index contributed by atoms with van der Waals surface area (Å²) in [6.07, 6.45) is 1.97. The normalized spacial score (nSPS) is 18.8. The van der Waals surface area contributed by atoms with E-state index in [2.05, 4.69) is 24.1 Å². The molecule has 1 fully saturated rings. The Hall–Kier alpha value is -1.44. The van der Waals surface area contributed by atoms with Crippen LogP contribution in [0.1, 0.15) is 38.7 Å². The van der Waals surface area contributed by atoms with Crippen molar-refractivity contribution in [1.82, 2.24) is 9.21 Å². The van der Waals surface area contributed by atoms with Crippen molar-refractivity contribution < 1.29 is 13.2 Å². The first-order valence-corrected chi connectivity index (χ1v) is 10.6. The molecule has 0 aliphatic carbocycles. The van der Waals surface area contributed by atoms with Crippen LogP contribution in [-0.2, 0) is 14.8 Å². The molecule has 1 aromatic carbocycles. The lowest BCUT2D eigenvalue weighted by Gasteiger charge is -2.27. The van der Waals surface area contributed by atoms with Crippen LogP contribution in [0, 0.1) is 0 Å². The fraction of sp³-hybridized carbons (Fsp3) is 0.611. The van der Waals surface area contributed by atoms with Gasteiger partial charge in [-0.25, -0.2) is 12.7 Å². The lowest BCUT2D eigenvalue weighted by Crippen LogP contribution is -2.44. The Labute approximate surface area is 151 Å². The second-order valence-electron chi connectivity index (χ2n) is 6.96. The van der Waals surface area contributed by atoms with Crippen molar-refractivity contribution in [3.05, 3.63) is 29.8 Å². The van der Waals surface area contributed by atoms with Gasteiger partial charge in [0, 0.05) is 31.9 Å². The highest BCUT2D eigenvalue weighted by molar-refractivity contribution is 7.88. The van der Waals surface area contributed by atoms with Crippen LogP contribution in [0.4, 0.5) is 5.69 Å². The molecule has 1 aromatic rings. The summed E-state index contributed by atoms with van der Waals surface area (Å²) in [5.74, 6) is 0.272. The molecule has 0 aromatic heterocycles. The van der Waals surface area contributed by atoms with Crippen LogP contribution in [0.15, 0.2) is 24.3 Å². The van der Waals surface area contributed by atoms with Crippen LogP contribution in [0.25, 0.3) is 0 Å². The molecule has 0 bridgehead atoms. The summed E-state index contributed by atoms with van der Waals surface area (Å²) in [7, 11) is -3.18. The van der Waals surface area contributed by atoms with Crippen LogP contribution in [0.5, 0.6) is 0 Å². The van der Waals surface area contributed by atoms with Crippen molar-refractivity contribution in [2.45, 2.75) is 39.2 Å². The number of carbonyl (C=O) groups is 1. The maximum atomic E-state index is 12.7. The molecule has 7 heteroatoms. The summed E-state index contributed by atoms with van der Waals surface area (Å²) in [6.45, 7) is 8.30. The molecule has 0 saturated carbocycles. The molecule has 1 amide bonds. The molecule has 140 valence electrons. The first kappa shape index (κ1) is 19.9. The molecule has 1 aliphatic rings. The monoisotopic (exact) mass is 367 g/mol. The standard InChI is InChI=1S/C18H29N3O3S/c1-14(2)16-8-5-6-9-17(16)19-18(22)15(3)20-10-7-11-21(13-12-20)25(4,23)24/h5-6,8-9,14-15H,7,10-13H2,1-4H3,(H,19,22). The van der Waals surface area contributed by atoms with Crippen LogP contribution in [0.3, 0.4) is 0 Å². The van der Waals surface area contributed by atoms with Crippen LogP contribution in [-0.4, -0.2) is 62.0 Å². The van der Waals surface area contributed by atoms with E-state index in [-0.39, 0.29) is 11.9 Å². The summed E-state index contributed by atoms with van der Waals surface area (Å²) in [6, 6.07) is 7.54. The quantitative estimate of drug-likeness (QED) is 0.865. The largest absolute Gasteiger partial charge is 0.324 e. The number of hydrogen-bond acceptors (Lipinski definition) is 4. The van der Waals surface area contributed by atoms with Crippen LogP contribution >= 0.6 is 0 Å². The SMILES string of the molecule is CC(C)c1ccccc1NC(=O)C(C)N1CCCN(S(C)(=O)=O)CC1. The van der Waals surface area contributed by atoms with E-state index >= 15 is 0 Å². The highest BCUT2D eigenvalue weighted by Gasteiger charge is 2.27. The summed E-state index contributed by atoms with van der Waals surface area (Å²) >= 11 is 0. The molecule has 1 aliphatic heterocycles. The Morgan fingerprint density at radius 3 is 2.40 bits per heavy atom. The molecule has 1 saturated heterocycles. The number of carbonyl (C=O) groups excluding carboxylic acids is 1. The van der Waals surface area contributed by atoms with Crippen molar-refractivity contribution in [2.24, 2.45) is 0 Å². The first-order valence-electron chi connectivity index (χ1n) is 8.79. The van der Waals surface area contributed by atoms with Gasteiger partial charge in [-0.15, -0.1) is 0 Å². The average Bonchev–Trinajstić information content (AvgIpc) is 2.80. The predicted molar refractivity (Wildman–Crippen MR) is 101 cm³/mol. The third kappa shape index (κ3) is 5.26. The summed E-state index contributed by atoms with van der Waals surface area (Å²) in [4.78, 5) is 14.7. The minimum Gasteiger partial charge on any atom is -0.324 e. The van der Waals surface area contributed by atoms with E-state index in [1.165, 1.54) is 10.6 Å². The van der Waals surface area contributed by atoms with Gasteiger partial charge in [-0.05, 0) is 30.9 Å². The van der Waals surface area contributed by atoms with Gasteiger partial charge in [0.15, 0.2) is 0 Å². The number of amides is 1. The second-order valence-corrected chi connectivity index (χ2v) is 8.94. The van der Waals surface area contributed by atoms with Crippen molar-refractivity contribution in [3.8, 4) is 0 Å². The summed E-state index contributed by atoms with van der Waals surface area (Å²) in [5.41, 5.74) is 1.96. The molecule has 1 N–H and O–H groups in total.